The maximum Gasteiger partial charge on any atom is 0.261 e. The van der Waals surface area contributed by atoms with E-state index in [-0.39, 0.29) is 25.0 Å². The summed E-state index contributed by atoms with van der Waals surface area (Å²) >= 11 is 12.3. The molecule has 0 aliphatic heterocycles. The van der Waals surface area contributed by atoms with Crippen molar-refractivity contribution in [2.24, 2.45) is 0 Å². The highest BCUT2D eigenvalue weighted by Gasteiger charge is 2.28. The van der Waals surface area contributed by atoms with Crippen LogP contribution in [0.3, 0.4) is 0 Å². The highest BCUT2D eigenvalue weighted by atomic mass is 35.5. The second-order valence-electron chi connectivity index (χ2n) is 6.91. The average Bonchev–Trinajstić information content (AvgIpc) is 2.66. The SMILES string of the molecule is CCC(C(=O)NC)N(Cc1ccc(Cl)cc1Cl)C(=O)COc1cc(C)cc(C)c1. The number of rotatable bonds is 8. The molecule has 0 spiro atoms. The standard InChI is InChI=1S/C22H26Cl2N2O3/c1-5-20(22(28)25-4)26(12-16-6-7-17(23)11-19(16)24)21(27)13-29-18-9-14(2)8-15(3)10-18/h6-11,20H,5,12-13H2,1-4H3,(H,25,28). The number of benzene rings is 2. The van der Waals surface area contributed by atoms with Gasteiger partial charge in [0.05, 0.1) is 0 Å². The van der Waals surface area contributed by atoms with Crippen LogP contribution in [0.1, 0.15) is 30.0 Å². The summed E-state index contributed by atoms with van der Waals surface area (Å²) in [6, 6.07) is 10.2. The van der Waals surface area contributed by atoms with Crippen molar-refractivity contribution in [1.29, 1.82) is 0 Å². The van der Waals surface area contributed by atoms with E-state index in [1.165, 1.54) is 4.90 Å². The van der Waals surface area contributed by atoms with Gasteiger partial charge in [0, 0.05) is 23.6 Å². The van der Waals surface area contributed by atoms with E-state index >= 15 is 0 Å². The molecule has 0 radical (unpaired) electrons. The Hall–Kier alpha value is -2.24. The van der Waals surface area contributed by atoms with Crippen LogP contribution in [0.2, 0.25) is 10.0 Å². The number of carbonyl (C=O) groups is 2. The van der Waals surface area contributed by atoms with Gasteiger partial charge in [0.25, 0.3) is 5.91 Å². The Bertz CT molecular complexity index is 866. The van der Waals surface area contributed by atoms with Crippen molar-refractivity contribution in [3.05, 3.63) is 63.1 Å². The predicted octanol–water partition coefficient (Wildman–Crippen LogP) is 4.54. The lowest BCUT2D eigenvalue weighted by Crippen LogP contribution is -2.49. The van der Waals surface area contributed by atoms with Crippen LogP contribution in [-0.4, -0.2) is 36.4 Å². The summed E-state index contributed by atoms with van der Waals surface area (Å²) in [4.78, 5) is 26.9. The summed E-state index contributed by atoms with van der Waals surface area (Å²) in [7, 11) is 1.55. The molecule has 29 heavy (non-hydrogen) atoms. The second kappa shape index (κ2) is 10.5. The zero-order valence-electron chi connectivity index (χ0n) is 17.1. The summed E-state index contributed by atoms with van der Waals surface area (Å²) in [6.07, 6.45) is 0.459. The van der Waals surface area contributed by atoms with Crippen LogP contribution in [0.15, 0.2) is 36.4 Å². The molecule has 0 aliphatic carbocycles. The van der Waals surface area contributed by atoms with E-state index in [4.69, 9.17) is 27.9 Å². The number of nitrogens with zero attached hydrogens (tertiary/aromatic N) is 1. The number of hydrogen-bond donors (Lipinski definition) is 1. The van der Waals surface area contributed by atoms with E-state index in [9.17, 15) is 9.59 Å². The molecular formula is C22H26Cl2N2O3. The molecule has 156 valence electrons. The lowest BCUT2D eigenvalue weighted by molar-refractivity contribution is -0.142. The van der Waals surface area contributed by atoms with E-state index in [1.54, 1.807) is 25.2 Å². The monoisotopic (exact) mass is 436 g/mol. The Morgan fingerprint density at radius 1 is 1.10 bits per heavy atom. The molecule has 2 aromatic carbocycles. The second-order valence-corrected chi connectivity index (χ2v) is 7.75. The van der Waals surface area contributed by atoms with Crippen LogP contribution in [0.5, 0.6) is 5.75 Å². The fraction of sp³-hybridized carbons (Fsp3) is 0.364. The highest BCUT2D eigenvalue weighted by Crippen LogP contribution is 2.24. The maximum absolute atomic E-state index is 13.0. The van der Waals surface area contributed by atoms with Gasteiger partial charge >= 0.3 is 0 Å². The van der Waals surface area contributed by atoms with Crippen molar-refractivity contribution in [3.8, 4) is 5.75 Å². The van der Waals surface area contributed by atoms with Crippen molar-refractivity contribution in [3.63, 3.8) is 0 Å². The van der Waals surface area contributed by atoms with Gasteiger partial charge in [0.1, 0.15) is 11.8 Å². The molecule has 0 fully saturated rings. The molecule has 0 saturated heterocycles. The summed E-state index contributed by atoms with van der Waals surface area (Å²) in [6.45, 7) is 5.79. The third kappa shape index (κ3) is 6.38. The lowest BCUT2D eigenvalue weighted by Gasteiger charge is -2.30. The van der Waals surface area contributed by atoms with Gasteiger partial charge in [-0.2, -0.15) is 0 Å². The quantitative estimate of drug-likeness (QED) is 0.660. The topological polar surface area (TPSA) is 58.6 Å². The molecule has 0 aliphatic rings. The number of likely N-dealkylation sites (N-methyl/N-ethyl adjacent to an activating group) is 1. The molecule has 2 amide bonds. The Morgan fingerprint density at radius 2 is 1.76 bits per heavy atom. The molecule has 5 nitrogen and oxygen atoms in total. The van der Waals surface area contributed by atoms with Gasteiger partial charge in [-0.1, -0.05) is 42.3 Å². The van der Waals surface area contributed by atoms with E-state index in [2.05, 4.69) is 5.32 Å². The minimum atomic E-state index is -0.637. The van der Waals surface area contributed by atoms with Gasteiger partial charge in [-0.15, -0.1) is 0 Å². The largest absolute Gasteiger partial charge is 0.484 e. The van der Waals surface area contributed by atoms with Crippen LogP contribution in [0, 0.1) is 13.8 Å². The molecule has 1 atom stereocenters. The molecule has 1 unspecified atom stereocenters. The molecular weight excluding hydrogens is 411 g/mol. The first-order chi connectivity index (χ1) is 13.7. The van der Waals surface area contributed by atoms with E-state index in [0.717, 1.165) is 11.1 Å². The minimum absolute atomic E-state index is 0.178. The predicted molar refractivity (Wildman–Crippen MR) is 117 cm³/mol. The number of ether oxygens (including phenoxy) is 1. The molecule has 0 aromatic heterocycles. The molecule has 1 N–H and O–H groups in total. The van der Waals surface area contributed by atoms with Crippen molar-refractivity contribution in [1.82, 2.24) is 10.2 Å². The normalized spacial score (nSPS) is 11.7. The molecule has 0 saturated carbocycles. The van der Waals surface area contributed by atoms with Crippen molar-refractivity contribution >= 4 is 35.0 Å². The third-order valence-electron chi connectivity index (χ3n) is 4.55. The first-order valence-electron chi connectivity index (χ1n) is 9.41. The molecule has 2 aromatic rings. The van der Waals surface area contributed by atoms with Gasteiger partial charge in [-0.25, -0.2) is 0 Å². The first kappa shape index (κ1) is 23.0. The fourth-order valence-corrected chi connectivity index (χ4v) is 3.63. The summed E-state index contributed by atoms with van der Waals surface area (Å²) in [5.41, 5.74) is 2.81. The van der Waals surface area contributed by atoms with Gasteiger partial charge in [0.15, 0.2) is 6.61 Å². The van der Waals surface area contributed by atoms with Crippen molar-refractivity contribution in [2.75, 3.05) is 13.7 Å². The van der Waals surface area contributed by atoms with Gasteiger partial charge in [-0.3, -0.25) is 9.59 Å². The average molecular weight is 437 g/mol. The number of halogens is 2. The fourth-order valence-electron chi connectivity index (χ4n) is 3.16. The Kier molecular flexibility index (Phi) is 8.35. The van der Waals surface area contributed by atoms with Crippen LogP contribution in [-0.2, 0) is 16.1 Å². The summed E-state index contributed by atoms with van der Waals surface area (Å²) in [5, 5.41) is 3.57. The zero-order chi connectivity index (χ0) is 21.6. The number of nitrogens with one attached hydrogen (secondary N) is 1. The highest BCUT2D eigenvalue weighted by molar-refractivity contribution is 6.35. The first-order valence-corrected chi connectivity index (χ1v) is 10.2. The molecule has 7 heteroatoms. The smallest absolute Gasteiger partial charge is 0.261 e. The Morgan fingerprint density at radius 3 is 2.31 bits per heavy atom. The zero-order valence-corrected chi connectivity index (χ0v) is 18.6. The molecule has 2 rings (SSSR count). The van der Waals surface area contributed by atoms with E-state index < -0.39 is 6.04 Å². The van der Waals surface area contributed by atoms with Crippen LogP contribution in [0.25, 0.3) is 0 Å². The van der Waals surface area contributed by atoms with Crippen LogP contribution in [0.4, 0.5) is 0 Å². The summed E-state index contributed by atoms with van der Waals surface area (Å²) < 4.78 is 5.73. The lowest BCUT2D eigenvalue weighted by atomic mass is 10.1. The van der Waals surface area contributed by atoms with E-state index in [1.807, 2.05) is 39.0 Å². The van der Waals surface area contributed by atoms with E-state index in [0.29, 0.717) is 27.8 Å². The van der Waals surface area contributed by atoms with Gasteiger partial charge in [-0.05, 0) is 61.2 Å². The van der Waals surface area contributed by atoms with Crippen LogP contribution >= 0.6 is 23.2 Å². The van der Waals surface area contributed by atoms with Gasteiger partial charge in [0.2, 0.25) is 5.91 Å². The third-order valence-corrected chi connectivity index (χ3v) is 5.13. The summed E-state index contributed by atoms with van der Waals surface area (Å²) in [5.74, 6) is 0.0799. The van der Waals surface area contributed by atoms with Gasteiger partial charge < -0.3 is 15.0 Å². The van der Waals surface area contributed by atoms with Crippen LogP contribution < -0.4 is 10.1 Å². The molecule has 0 heterocycles. The number of amides is 2. The minimum Gasteiger partial charge on any atom is -0.484 e. The number of carbonyl (C=O) groups excluding carboxylic acids is 2. The number of aryl methyl sites for hydroxylation is 2. The Labute approximate surface area is 181 Å². The Balaban J connectivity index is 2.24. The molecule has 0 bridgehead atoms. The maximum atomic E-state index is 13.0. The number of hydrogen-bond acceptors (Lipinski definition) is 3. The van der Waals surface area contributed by atoms with Crippen molar-refractivity contribution < 1.29 is 14.3 Å². The van der Waals surface area contributed by atoms with Crippen molar-refractivity contribution in [2.45, 2.75) is 39.8 Å².